The SMILES string of the molecule is CN1CCN=C1NCC1(Sc2ccccc2)CCCC1. The van der Waals surface area contributed by atoms with Crippen LogP contribution in [-0.2, 0) is 0 Å². The van der Waals surface area contributed by atoms with E-state index in [0.29, 0.717) is 4.75 Å². The summed E-state index contributed by atoms with van der Waals surface area (Å²) in [6.45, 7) is 2.99. The van der Waals surface area contributed by atoms with Crippen LogP contribution in [0, 0.1) is 0 Å². The fourth-order valence-electron chi connectivity index (χ4n) is 3.04. The van der Waals surface area contributed by atoms with Gasteiger partial charge < -0.3 is 10.2 Å². The van der Waals surface area contributed by atoms with Gasteiger partial charge in [0.2, 0.25) is 0 Å². The molecule has 1 aromatic carbocycles. The first-order valence-corrected chi connectivity index (χ1v) is 8.33. The summed E-state index contributed by atoms with van der Waals surface area (Å²) in [5.74, 6) is 1.07. The minimum absolute atomic E-state index is 0.341. The molecule has 3 rings (SSSR count). The smallest absolute Gasteiger partial charge is 0.193 e. The molecule has 2 aliphatic rings. The summed E-state index contributed by atoms with van der Waals surface area (Å²) < 4.78 is 0.341. The lowest BCUT2D eigenvalue weighted by molar-refractivity contribution is 0.514. The highest BCUT2D eigenvalue weighted by Gasteiger charge is 2.35. The van der Waals surface area contributed by atoms with Crippen molar-refractivity contribution in [3.05, 3.63) is 30.3 Å². The van der Waals surface area contributed by atoms with Crippen molar-refractivity contribution in [1.82, 2.24) is 10.2 Å². The Balaban J connectivity index is 1.65. The van der Waals surface area contributed by atoms with Gasteiger partial charge in [-0.05, 0) is 25.0 Å². The molecule has 1 heterocycles. The molecule has 0 atom stereocenters. The minimum atomic E-state index is 0.341. The van der Waals surface area contributed by atoms with Crippen LogP contribution in [0.25, 0.3) is 0 Å². The van der Waals surface area contributed by atoms with Crippen molar-refractivity contribution in [1.29, 1.82) is 0 Å². The Kier molecular flexibility index (Phi) is 4.20. The molecule has 0 radical (unpaired) electrons. The van der Waals surface area contributed by atoms with Crippen molar-refractivity contribution in [3.63, 3.8) is 0 Å². The first-order valence-electron chi connectivity index (χ1n) is 7.51. The lowest BCUT2D eigenvalue weighted by atomic mass is 10.1. The Morgan fingerprint density at radius 1 is 1.25 bits per heavy atom. The topological polar surface area (TPSA) is 27.6 Å². The van der Waals surface area contributed by atoms with Crippen LogP contribution < -0.4 is 5.32 Å². The van der Waals surface area contributed by atoms with Gasteiger partial charge in [-0.1, -0.05) is 31.0 Å². The van der Waals surface area contributed by atoms with Crippen LogP contribution in [0.5, 0.6) is 0 Å². The minimum Gasteiger partial charge on any atom is -0.355 e. The number of aliphatic imine (C=N–C) groups is 1. The number of nitrogens with one attached hydrogen (secondary N) is 1. The Morgan fingerprint density at radius 2 is 2.00 bits per heavy atom. The molecular formula is C16H23N3S. The van der Waals surface area contributed by atoms with Gasteiger partial charge in [-0.2, -0.15) is 0 Å². The molecule has 1 fully saturated rings. The quantitative estimate of drug-likeness (QED) is 0.923. The summed E-state index contributed by atoms with van der Waals surface area (Å²) in [5, 5.41) is 3.59. The maximum atomic E-state index is 4.54. The van der Waals surface area contributed by atoms with Crippen molar-refractivity contribution < 1.29 is 0 Å². The Labute approximate surface area is 125 Å². The largest absolute Gasteiger partial charge is 0.355 e. The number of hydrogen-bond acceptors (Lipinski definition) is 4. The Hall–Kier alpha value is -1.16. The third kappa shape index (κ3) is 3.11. The molecule has 1 saturated carbocycles. The fourth-order valence-corrected chi connectivity index (χ4v) is 4.47. The van der Waals surface area contributed by atoms with Gasteiger partial charge in [-0.15, -0.1) is 11.8 Å². The molecule has 1 aromatic rings. The number of nitrogens with zero attached hydrogens (tertiary/aromatic N) is 2. The molecule has 1 N–H and O–H groups in total. The van der Waals surface area contributed by atoms with E-state index in [2.05, 4.69) is 52.6 Å². The van der Waals surface area contributed by atoms with Crippen LogP contribution in [0.4, 0.5) is 0 Å². The second-order valence-electron chi connectivity index (χ2n) is 5.79. The van der Waals surface area contributed by atoms with E-state index in [1.54, 1.807) is 0 Å². The number of guanidine groups is 1. The molecule has 1 aliphatic carbocycles. The first-order chi connectivity index (χ1) is 9.77. The van der Waals surface area contributed by atoms with Crippen molar-refractivity contribution in [2.45, 2.75) is 35.3 Å². The van der Waals surface area contributed by atoms with Crippen LogP contribution in [-0.4, -0.2) is 42.3 Å². The Morgan fingerprint density at radius 3 is 2.65 bits per heavy atom. The molecule has 0 spiro atoms. The fraction of sp³-hybridized carbons (Fsp3) is 0.562. The van der Waals surface area contributed by atoms with Crippen molar-refractivity contribution in [2.75, 3.05) is 26.7 Å². The normalized spacial score (nSPS) is 21.1. The van der Waals surface area contributed by atoms with E-state index in [9.17, 15) is 0 Å². The summed E-state index contributed by atoms with van der Waals surface area (Å²) in [6, 6.07) is 10.8. The van der Waals surface area contributed by atoms with Crippen molar-refractivity contribution in [3.8, 4) is 0 Å². The van der Waals surface area contributed by atoms with E-state index in [0.717, 1.165) is 25.6 Å². The summed E-state index contributed by atoms with van der Waals surface area (Å²) in [4.78, 5) is 8.14. The molecule has 4 heteroatoms. The van der Waals surface area contributed by atoms with E-state index in [4.69, 9.17) is 0 Å². The van der Waals surface area contributed by atoms with E-state index < -0.39 is 0 Å². The standard InChI is InChI=1S/C16H23N3S/c1-19-12-11-17-15(19)18-13-16(9-5-6-10-16)20-14-7-3-2-4-8-14/h2-4,7-8H,5-6,9-13H2,1H3,(H,17,18). The molecule has 0 aromatic heterocycles. The molecule has 108 valence electrons. The summed E-state index contributed by atoms with van der Waals surface area (Å²) in [7, 11) is 2.12. The van der Waals surface area contributed by atoms with Gasteiger partial charge in [0.05, 0.1) is 6.54 Å². The maximum absolute atomic E-state index is 4.54. The average molecular weight is 289 g/mol. The molecule has 3 nitrogen and oxygen atoms in total. The van der Waals surface area contributed by atoms with E-state index in [-0.39, 0.29) is 0 Å². The molecule has 20 heavy (non-hydrogen) atoms. The van der Waals surface area contributed by atoms with Crippen LogP contribution in [0.15, 0.2) is 40.2 Å². The molecule has 1 aliphatic heterocycles. The molecular weight excluding hydrogens is 266 g/mol. The summed E-state index contributed by atoms with van der Waals surface area (Å²) in [6.07, 6.45) is 5.31. The van der Waals surface area contributed by atoms with Gasteiger partial charge in [0.1, 0.15) is 0 Å². The molecule has 0 unspecified atom stereocenters. The van der Waals surface area contributed by atoms with Gasteiger partial charge in [0.25, 0.3) is 0 Å². The number of benzene rings is 1. The highest BCUT2D eigenvalue weighted by molar-refractivity contribution is 8.00. The summed E-state index contributed by atoms with van der Waals surface area (Å²) >= 11 is 2.05. The highest BCUT2D eigenvalue weighted by Crippen LogP contribution is 2.44. The zero-order chi connectivity index (χ0) is 13.8. The number of thioether (sulfide) groups is 1. The molecule has 0 bridgehead atoms. The molecule has 0 saturated heterocycles. The predicted octanol–water partition coefficient (Wildman–Crippen LogP) is 2.98. The van der Waals surface area contributed by atoms with Crippen LogP contribution in [0.1, 0.15) is 25.7 Å². The monoisotopic (exact) mass is 289 g/mol. The van der Waals surface area contributed by atoms with Gasteiger partial charge in [0.15, 0.2) is 5.96 Å². The van der Waals surface area contributed by atoms with Gasteiger partial charge >= 0.3 is 0 Å². The third-order valence-electron chi connectivity index (χ3n) is 4.22. The maximum Gasteiger partial charge on any atom is 0.193 e. The van der Waals surface area contributed by atoms with E-state index in [1.165, 1.54) is 30.6 Å². The lowest BCUT2D eigenvalue weighted by Crippen LogP contribution is -2.43. The van der Waals surface area contributed by atoms with Crippen LogP contribution in [0.3, 0.4) is 0 Å². The zero-order valence-electron chi connectivity index (χ0n) is 12.1. The van der Waals surface area contributed by atoms with Crippen LogP contribution >= 0.6 is 11.8 Å². The van der Waals surface area contributed by atoms with Gasteiger partial charge in [0, 0.05) is 29.8 Å². The third-order valence-corrected chi connectivity index (χ3v) is 5.71. The first kappa shape index (κ1) is 13.8. The lowest BCUT2D eigenvalue weighted by Gasteiger charge is -2.30. The Bertz CT molecular complexity index is 466. The van der Waals surface area contributed by atoms with Gasteiger partial charge in [-0.25, -0.2) is 0 Å². The molecule has 0 amide bonds. The average Bonchev–Trinajstić information content (AvgIpc) is 3.08. The van der Waals surface area contributed by atoms with Crippen molar-refractivity contribution >= 4 is 17.7 Å². The summed E-state index contributed by atoms with van der Waals surface area (Å²) in [5.41, 5.74) is 0. The number of likely N-dealkylation sites (N-methyl/N-ethyl adjacent to an activating group) is 1. The number of rotatable bonds is 4. The number of hydrogen-bond donors (Lipinski definition) is 1. The predicted molar refractivity (Wildman–Crippen MR) is 86.4 cm³/mol. The highest BCUT2D eigenvalue weighted by atomic mass is 32.2. The van der Waals surface area contributed by atoms with Gasteiger partial charge in [-0.3, -0.25) is 4.99 Å². The van der Waals surface area contributed by atoms with Crippen molar-refractivity contribution in [2.24, 2.45) is 4.99 Å². The zero-order valence-corrected chi connectivity index (χ0v) is 13.0. The second kappa shape index (κ2) is 6.08. The second-order valence-corrected chi connectivity index (χ2v) is 7.33. The van der Waals surface area contributed by atoms with Crippen LogP contribution in [0.2, 0.25) is 0 Å². The van der Waals surface area contributed by atoms with E-state index in [1.807, 2.05) is 11.8 Å². The van der Waals surface area contributed by atoms with E-state index >= 15 is 0 Å².